The number of carbonyl (C=O) groups excluding carboxylic acids is 1. The predicted molar refractivity (Wildman–Crippen MR) is 106 cm³/mol. The van der Waals surface area contributed by atoms with Gasteiger partial charge in [-0.1, -0.05) is 57.2 Å². The molecular weight excluding hydrogens is 356 g/mol. The first kappa shape index (κ1) is 18.0. The zero-order valence-electron chi connectivity index (χ0n) is 16.0. The molecule has 1 aliphatic rings. The highest BCUT2D eigenvalue weighted by molar-refractivity contribution is 5.93. The summed E-state index contributed by atoms with van der Waals surface area (Å²) < 4.78 is 11.3. The van der Waals surface area contributed by atoms with Crippen LogP contribution in [0.5, 0.6) is 11.5 Å². The summed E-state index contributed by atoms with van der Waals surface area (Å²) in [4.78, 5) is 16.8. The number of rotatable bonds is 3. The number of anilines is 1. The number of hydrogen-bond donors (Lipinski definition) is 2. The van der Waals surface area contributed by atoms with E-state index in [0.29, 0.717) is 17.3 Å². The Kier molecular flexibility index (Phi) is 4.50. The van der Waals surface area contributed by atoms with Gasteiger partial charge in [-0.25, -0.2) is 0 Å². The van der Waals surface area contributed by atoms with Crippen LogP contribution in [0, 0.1) is 0 Å². The number of amides is 1. The standard InChI is InChI=1S/C21H22N4O3/c1-21(2,3)14-10-8-13(9-11-14)18-22-20(25-24-18)23-19(26)17-12-27-15-6-4-5-7-16(15)28-17/h4-11,17H,12H2,1-3H3,(H2,22,23,24,25,26)/t17-/m1/s1. The minimum Gasteiger partial charge on any atom is -0.485 e. The maximum atomic E-state index is 12.5. The minimum atomic E-state index is -0.761. The van der Waals surface area contributed by atoms with Crippen LogP contribution < -0.4 is 14.8 Å². The van der Waals surface area contributed by atoms with Crippen molar-refractivity contribution in [3.8, 4) is 22.9 Å². The molecule has 1 atom stereocenters. The molecule has 0 spiro atoms. The Morgan fingerprint density at radius 3 is 2.54 bits per heavy atom. The van der Waals surface area contributed by atoms with Crippen LogP contribution in [0.2, 0.25) is 0 Å². The summed E-state index contributed by atoms with van der Waals surface area (Å²) in [5.41, 5.74) is 2.21. The van der Waals surface area contributed by atoms with E-state index in [1.54, 1.807) is 12.1 Å². The third-order valence-electron chi connectivity index (χ3n) is 4.55. The molecule has 1 aliphatic heterocycles. The van der Waals surface area contributed by atoms with Crippen molar-refractivity contribution in [3.05, 3.63) is 54.1 Å². The van der Waals surface area contributed by atoms with Gasteiger partial charge in [0, 0.05) is 5.56 Å². The molecule has 0 saturated heterocycles. The maximum absolute atomic E-state index is 12.5. The molecule has 0 saturated carbocycles. The third-order valence-corrected chi connectivity index (χ3v) is 4.55. The van der Waals surface area contributed by atoms with Crippen molar-refractivity contribution >= 4 is 11.9 Å². The molecule has 7 nitrogen and oxygen atoms in total. The number of hydrogen-bond acceptors (Lipinski definition) is 5. The van der Waals surface area contributed by atoms with Gasteiger partial charge < -0.3 is 9.47 Å². The number of nitrogens with zero attached hydrogens (tertiary/aromatic N) is 2. The van der Waals surface area contributed by atoms with Crippen LogP contribution in [0.3, 0.4) is 0 Å². The van der Waals surface area contributed by atoms with Crippen molar-refractivity contribution in [3.63, 3.8) is 0 Å². The van der Waals surface area contributed by atoms with E-state index < -0.39 is 6.10 Å². The summed E-state index contributed by atoms with van der Waals surface area (Å²) in [6.07, 6.45) is -0.761. The molecule has 2 aromatic carbocycles. The number of para-hydroxylation sites is 2. The average molecular weight is 378 g/mol. The molecule has 0 aliphatic carbocycles. The van der Waals surface area contributed by atoms with Crippen LogP contribution >= 0.6 is 0 Å². The number of fused-ring (bicyclic) bond motifs is 1. The van der Waals surface area contributed by atoms with Crippen molar-refractivity contribution in [2.75, 3.05) is 11.9 Å². The third kappa shape index (κ3) is 3.69. The fourth-order valence-electron chi connectivity index (χ4n) is 2.91. The van der Waals surface area contributed by atoms with Crippen LogP contribution in [0.1, 0.15) is 26.3 Å². The summed E-state index contributed by atoms with van der Waals surface area (Å²) in [7, 11) is 0. The lowest BCUT2D eigenvalue weighted by molar-refractivity contribution is -0.125. The van der Waals surface area contributed by atoms with Crippen molar-refractivity contribution in [1.29, 1.82) is 0 Å². The Morgan fingerprint density at radius 2 is 1.82 bits per heavy atom. The first-order valence-electron chi connectivity index (χ1n) is 9.13. The Hall–Kier alpha value is -3.35. The van der Waals surface area contributed by atoms with E-state index >= 15 is 0 Å². The molecule has 0 fully saturated rings. The fraction of sp³-hybridized carbons (Fsp3) is 0.286. The summed E-state index contributed by atoms with van der Waals surface area (Å²) in [5, 5.41) is 9.61. The van der Waals surface area contributed by atoms with Gasteiger partial charge in [0.25, 0.3) is 5.91 Å². The fourth-order valence-corrected chi connectivity index (χ4v) is 2.91. The van der Waals surface area contributed by atoms with Crippen LogP contribution in [-0.2, 0) is 10.2 Å². The predicted octanol–water partition coefficient (Wildman–Crippen LogP) is 3.55. The molecule has 0 unspecified atom stereocenters. The van der Waals surface area contributed by atoms with Gasteiger partial charge >= 0.3 is 0 Å². The molecule has 2 heterocycles. The monoisotopic (exact) mass is 378 g/mol. The van der Waals surface area contributed by atoms with Crippen LogP contribution in [0.15, 0.2) is 48.5 Å². The Balaban J connectivity index is 1.43. The molecule has 7 heteroatoms. The minimum absolute atomic E-state index is 0.0831. The van der Waals surface area contributed by atoms with Crippen LogP contribution in [0.4, 0.5) is 5.95 Å². The quantitative estimate of drug-likeness (QED) is 0.728. The number of nitrogens with one attached hydrogen (secondary N) is 2. The molecule has 3 aromatic rings. The highest BCUT2D eigenvalue weighted by atomic mass is 16.6. The number of benzene rings is 2. The second-order valence-corrected chi connectivity index (χ2v) is 7.69. The number of carbonyl (C=O) groups is 1. The smallest absolute Gasteiger partial charge is 0.271 e. The lowest BCUT2D eigenvalue weighted by Crippen LogP contribution is -2.40. The number of ether oxygens (including phenoxy) is 2. The lowest BCUT2D eigenvalue weighted by Gasteiger charge is -2.25. The molecule has 0 radical (unpaired) electrons. The van der Waals surface area contributed by atoms with E-state index in [1.807, 2.05) is 24.3 Å². The van der Waals surface area contributed by atoms with E-state index in [-0.39, 0.29) is 23.9 Å². The summed E-state index contributed by atoms with van der Waals surface area (Å²) >= 11 is 0. The number of H-pyrrole nitrogens is 1. The van der Waals surface area contributed by atoms with Crippen molar-refractivity contribution in [2.45, 2.75) is 32.3 Å². The largest absolute Gasteiger partial charge is 0.485 e. The molecular formula is C21H22N4O3. The summed E-state index contributed by atoms with van der Waals surface area (Å²) in [6.45, 7) is 6.63. The van der Waals surface area contributed by atoms with Gasteiger partial charge in [-0.15, -0.1) is 5.10 Å². The van der Waals surface area contributed by atoms with E-state index in [0.717, 1.165) is 5.56 Å². The van der Waals surface area contributed by atoms with Gasteiger partial charge in [0.2, 0.25) is 12.1 Å². The second-order valence-electron chi connectivity index (χ2n) is 7.69. The Morgan fingerprint density at radius 1 is 1.11 bits per heavy atom. The highest BCUT2D eigenvalue weighted by Gasteiger charge is 2.28. The van der Waals surface area contributed by atoms with E-state index in [1.165, 1.54) is 5.56 Å². The SMILES string of the molecule is CC(C)(C)c1ccc(-c2nc(NC(=O)[C@H]3COc4ccccc4O3)n[nH]2)cc1. The zero-order chi connectivity index (χ0) is 19.7. The summed E-state index contributed by atoms with van der Waals surface area (Å²) in [5.74, 6) is 1.60. The topological polar surface area (TPSA) is 89.1 Å². The molecule has 1 aromatic heterocycles. The van der Waals surface area contributed by atoms with Gasteiger partial charge in [-0.3, -0.25) is 15.2 Å². The van der Waals surface area contributed by atoms with E-state index in [4.69, 9.17) is 9.47 Å². The highest BCUT2D eigenvalue weighted by Crippen LogP contribution is 2.31. The number of aromatic nitrogens is 3. The summed E-state index contributed by atoms with van der Waals surface area (Å²) in [6, 6.07) is 15.4. The van der Waals surface area contributed by atoms with Crippen molar-refractivity contribution < 1.29 is 14.3 Å². The normalized spacial score (nSPS) is 15.9. The van der Waals surface area contributed by atoms with Crippen LogP contribution in [-0.4, -0.2) is 33.8 Å². The molecule has 2 N–H and O–H groups in total. The molecule has 4 rings (SSSR count). The molecule has 28 heavy (non-hydrogen) atoms. The Labute approximate surface area is 163 Å². The Bertz CT molecular complexity index is 989. The van der Waals surface area contributed by atoms with E-state index in [9.17, 15) is 4.79 Å². The first-order chi connectivity index (χ1) is 13.4. The second kappa shape index (κ2) is 6.99. The van der Waals surface area contributed by atoms with Crippen LogP contribution in [0.25, 0.3) is 11.4 Å². The number of aromatic amines is 1. The average Bonchev–Trinajstić information content (AvgIpc) is 3.15. The van der Waals surface area contributed by atoms with E-state index in [2.05, 4.69) is 53.4 Å². The van der Waals surface area contributed by atoms with Gasteiger partial charge in [-0.05, 0) is 23.1 Å². The van der Waals surface area contributed by atoms with Gasteiger partial charge in [0.1, 0.15) is 6.61 Å². The first-order valence-corrected chi connectivity index (χ1v) is 9.13. The van der Waals surface area contributed by atoms with Gasteiger partial charge in [0.15, 0.2) is 17.3 Å². The maximum Gasteiger partial charge on any atom is 0.271 e. The van der Waals surface area contributed by atoms with Crippen molar-refractivity contribution in [2.24, 2.45) is 0 Å². The van der Waals surface area contributed by atoms with Gasteiger partial charge in [0.05, 0.1) is 0 Å². The van der Waals surface area contributed by atoms with Gasteiger partial charge in [-0.2, -0.15) is 4.98 Å². The molecule has 144 valence electrons. The molecule has 0 bridgehead atoms. The zero-order valence-corrected chi connectivity index (χ0v) is 16.0. The van der Waals surface area contributed by atoms with Crippen molar-refractivity contribution in [1.82, 2.24) is 15.2 Å². The molecule has 1 amide bonds. The lowest BCUT2D eigenvalue weighted by atomic mass is 9.87.